The number of carbonyl (C=O) groups excluding carboxylic acids is 1. The lowest BCUT2D eigenvalue weighted by atomic mass is 10.2. The van der Waals surface area contributed by atoms with Crippen LogP contribution in [-0.2, 0) is 0 Å². The van der Waals surface area contributed by atoms with Crippen LogP contribution in [0.25, 0.3) is 16.9 Å². The predicted octanol–water partition coefficient (Wildman–Crippen LogP) is 4.91. The van der Waals surface area contributed by atoms with E-state index in [9.17, 15) is 4.79 Å². The van der Waals surface area contributed by atoms with Crippen molar-refractivity contribution < 1.29 is 4.79 Å². The van der Waals surface area contributed by atoms with Crippen LogP contribution in [0, 0.1) is 0 Å². The fourth-order valence-corrected chi connectivity index (χ4v) is 2.83. The van der Waals surface area contributed by atoms with Crippen molar-refractivity contribution in [2.24, 2.45) is 0 Å². The molecule has 122 valence electrons. The van der Waals surface area contributed by atoms with Gasteiger partial charge in [-0.1, -0.05) is 48.0 Å². The Morgan fingerprint density at radius 1 is 1.00 bits per heavy atom. The molecule has 0 atom stereocenters. The minimum atomic E-state index is -0.200. The number of carbonyl (C=O) groups is 1. The van der Waals surface area contributed by atoms with Gasteiger partial charge in [0.05, 0.1) is 5.69 Å². The molecule has 4 aromatic rings. The number of anilines is 1. The second kappa shape index (κ2) is 6.42. The summed E-state index contributed by atoms with van der Waals surface area (Å²) in [5.41, 5.74) is 3.82. The maximum Gasteiger partial charge on any atom is 0.255 e. The highest BCUT2D eigenvalue weighted by molar-refractivity contribution is 6.31. The third kappa shape index (κ3) is 3.25. The van der Waals surface area contributed by atoms with E-state index in [2.05, 4.69) is 10.3 Å². The maximum absolute atomic E-state index is 12.5. The van der Waals surface area contributed by atoms with E-state index in [4.69, 9.17) is 11.6 Å². The lowest BCUT2D eigenvalue weighted by Crippen LogP contribution is -2.12. The van der Waals surface area contributed by atoms with E-state index in [1.807, 2.05) is 47.1 Å². The summed E-state index contributed by atoms with van der Waals surface area (Å²) in [6, 6.07) is 20.5. The van der Waals surface area contributed by atoms with Crippen molar-refractivity contribution in [3.63, 3.8) is 0 Å². The minimum Gasteiger partial charge on any atom is -0.322 e. The first-order valence-electron chi connectivity index (χ1n) is 7.80. The van der Waals surface area contributed by atoms with Gasteiger partial charge >= 0.3 is 0 Å². The third-order valence-corrected chi connectivity index (χ3v) is 4.11. The monoisotopic (exact) mass is 347 g/mol. The number of fused-ring (bicyclic) bond motifs is 1. The number of imidazole rings is 1. The predicted molar refractivity (Wildman–Crippen MR) is 100 cm³/mol. The molecule has 0 saturated carbocycles. The molecule has 4 rings (SSSR count). The fourth-order valence-electron chi connectivity index (χ4n) is 2.64. The van der Waals surface area contributed by atoms with Crippen LogP contribution in [0.2, 0.25) is 5.02 Å². The highest BCUT2D eigenvalue weighted by Crippen LogP contribution is 2.20. The molecular formula is C20H14ClN3O. The lowest BCUT2D eigenvalue weighted by molar-refractivity contribution is 0.102. The van der Waals surface area contributed by atoms with E-state index in [0.29, 0.717) is 16.3 Å². The van der Waals surface area contributed by atoms with Gasteiger partial charge in [-0.25, -0.2) is 4.98 Å². The van der Waals surface area contributed by atoms with Crippen LogP contribution in [0.5, 0.6) is 0 Å². The number of aromatic nitrogens is 2. The van der Waals surface area contributed by atoms with Crippen LogP contribution in [0.4, 0.5) is 5.69 Å². The van der Waals surface area contributed by atoms with Crippen LogP contribution >= 0.6 is 11.6 Å². The smallest absolute Gasteiger partial charge is 0.255 e. The number of hydrogen-bond donors (Lipinski definition) is 1. The second-order valence-corrected chi connectivity index (χ2v) is 6.07. The number of hydrogen-bond acceptors (Lipinski definition) is 2. The molecule has 5 heteroatoms. The highest BCUT2D eigenvalue weighted by Gasteiger charge is 2.10. The van der Waals surface area contributed by atoms with Gasteiger partial charge in [0, 0.05) is 34.2 Å². The number of amides is 1. The Bertz CT molecular complexity index is 1060. The zero-order chi connectivity index (χ0) is 17.2. The van der Waals surface area contributed by atoms with E-state index in [1.165, 1.54) is 0 Å². The van der Waals surface area contributed by atoms with Gasteiger partial charge in [0.15, 0.2) is 0 Å². The molecule has 0 aliphatic rings. The standard InChI is InChI=1S/C20H14ClN3O/c21-16-7-4-8-17(12-16)22-20(25)15-9-10-24-13-18(23-19(24)11-15)14-5-2-1-3-6-14/h1-13H,(H,22,25). The van der Waals surface area contributed by atoms with Crippen molar-refractivity contribution in [2.45, 2.75) is 0 Å². The summed E-state index contributed by atoms with van der Waals surface area (Å²) in [4.78, 5) is 17.1. The molecule has 2 aromatic heterocycles. The van der Waals surface area contributed by atoms with Gasteiger partial charge in [0.2, 0.25) is 0 Å². The van der Waals surface area contributed by atoms with Crippen molar-refractivity contribution >= 4 is 28.8 Å². The van der Waals surface area contributed by atoms with E-state index < -0.39 is 0 Å². The van der Waals surface area contributed by atoms with Gasteiger partial charge in [-0.2, -0.15) is 0 Å². The minimum absolute atomic E-state index is 0.200. The Morgan fingerprint density at radius 3 is 2.64 bits per heavy atom. The third-order valence-electron chi connectivity index (χ3n) is 3.87. The van der Waals surface area contributed by atoms with Crippen molar-refractivity contribution in [1.82, 2.24) is 9.38 Å². The van der Waals surface area contributed by atoms with Crippen LogP contribution in [0.1, 0.15) is 10.4 Å². The van der Waals surface area contributed by atoms with Crippen LogP contribution in [0.3, 0.4) is 0 Å². The first-order valence-corrected chi connectivity index (χ1v) is 8.18. The normalized spacial score (nSPS) is 10.8. The number of pyridine rings is 1. The van der Waals surface area contributed by atoms with Gasteiger partial charge in [0.25, 0.3) is 5.91 Å². The van der Waals surface area contributed by atoms with Gasteiger partial charge in [-0.05, 0) is 30.3 Å². The van der Waals surface area contributed by atoms with Crippen LogP contribution < -0.4 is 5.32 Å². The van der Waals surface area contributed by atoms with Crippen molar-refractivity contribution in [3.05, 3.63) is 89.7 Å². The summed E-state index contributed by atoms with van der Waals surface area (Å²) in [6.07, 6.45) is 3.78. The van der Waals surface area contributed by atoms with Crippen LogP contribution in [0.15, 0.2) is 79.1 Å². The summed E-state index contributed by atoms with van der Waals surface area (Å²) >= 11 is 5.95. The average molecular weight is 348 g/mol. The Kier molecular flexibility index (Phi) is 3.96. The zero-order valence-electron chi connectivity index (χ0n) is 13.2. The van der Waals surface area contributed by atoms with E-state index >= 15 is 0 Å². The molecule has 1 amide bonds. The van der Waals surface area contributed by atoms with Gasteiger partial charge in [-0.15, -0.1) is 0 Å². The molecule has 4 nitrogen and oxygen atoms in total. The molecule has 2 aromatic carbocycles. The Balaban J connectivity index is 1.63. The quantitative estimate of drug-likeness (QED) is 0.572. The zero-order valence-corrected chi connectivity index (χ0v) is 13.9. The van der Waals surface area contributed by atoms with Gasteiger partial charge < -0.3 is 9.72 Å². The molecule has 0 aliphatic heterocycles. The molecule has 1 N–H and O–H groups in total. The number of halogens is 1. The number of nitrogens with zero attached hydrogens (tertiary/aromatic N) is 2. The largest absolute Gasteiger partial charge is 0.322 e. The Hall–Kier alpha value is -3.11. The van der Waals surface area contributed by atoms with E-state index in [0.717, 1.165) is 16.9 Å². The first-order chi connectivity index (χ1) is 12.2. The SMILES string of the molecule is O=C(Nc1cccc(Cl)c1)c1ccn2cc(-c3ccccc3)nc2c1. The molecular weight excluding hydrogens is 334 g/mol. The lowest BCUT2D eigenvalue weighted by Gasteiger charge is -2.05. The maximum atomic E-state index is 12.5. The molecule has 0 bridgehead atoms. The highest BCUT2D eigenvalue weighted by atomic mass is 35.5. The molecule has 0 unspecified atom stereocenters. The number of nitrogens with one attached hydrogen (secondary N) is 1. The van der Waals surface area contributed by atoms with E-state index in [-0.39, 0.29) is 5.91 Å². The van der Waals surface area contributed by atoms with Crippen molar-refractivity contribution in [3.8, 4) is 11.3 Å². The average Bonchev–Trinajstić information content (AvgIpc) is 3.06. The topological polar surface area (TPSA) is 46.4 Å². The fraction of sp³-hybridized carbons (Fsp3) is 0. The molecule has 0 aliphatic carbocycles. The molecule has 2 heterocycles. The van der Waals surface area contributed by atoms with Crippen LogP contribution in [-0.4, -0.2) is 15.3 Å². The Morgan fingerprint density at radius 2 is 1.84 bits per heavy atom. The molecule has 0 saturated heterocycles. The molecule has 25 heavy (non-hydrogen) atoms. The van der Waals surface area contributed by atoms with Crippen molar-refractivity contribution in [2.75, 3.05) is 5.32 Å². The number of benzene rings is 2. The molecule has 0 fully saturated rings. The first kappa shape index (κ1) is 15.4. The molecule has 0 spiro atoms. The van der Waals surface area contributed by atoms with E-state index in [1.54, 1.807) is 36.4 Å². The van der Waals surface area contributed by atoms with Crippen molar-refractivity contribution in [1.29, 1.82) is 0 Å². The van der Waals surface area contributed by atoms with Gasteiger partial charge in [-0.3, -0.25) is 4.79 Å². The number of rotatable bonds is 3. The summed E-state index contributed by atoms with van der Waals surface area (Å²) in [6.45, 7) is 0. The van der Waals surface area contributed by atoms with Gasteiger partial charge in [0.1, 0.15) is 5.65 Å². The molecule has 0 radical (unpaired) electrons. The summed E-state index contributed by atoms with van der Waals surface area (Å²) in [5.74, 6) is -0.200. The summed E-state index contributed by atoms with van der Waals surface area (Å²) < 4.78 is 1.90. The summed E-state index contributed by atoms with van der Waals surface area (Å²) in [7, 11) is 0. The summed E-state index contributed by atoms with van der Waals surface area (Å²) in [5, 5.41) is 3.42. The second-order valence-electron chi connectivity index (χ2n) is 5.64. The Labute approximate surface area is 149 Å².